The average Bonchev–Trinajstić information content (AvgIpc) is 2.68. The highest BCUT2D eigenvalue weighted by molar-refractivity contribution is 6.04. The minimum atomic E-state index is -0.570. The topological polar surface area (TPSA) is 77.0 Å². The van der Waals surface area contributed by atoms with Crippen molar-refractivity contribution >= 4 is 17.9 Å². The van der Waals surface area contributed by atoms with Crippen molar-refractivity contribution in [3.8, 4) is 0 Å². The van der Waals surface area contributed by atoms with Gasteiger partial charge in [-0.3, -0.25) is 10.1 Å². The zero-order valence-electron chi connectivity index (χ0n) is 14.1. The van der Waals surface area contributed by atoms with Gasteiger partial charge in [0.1, 0.15) is 5.82 Å². The number of amides is 1. The molecule has 7 heteroatoms. The fourth-order valence-electron chi connectivity index (χ4n) is 2.61. The number of benzene rings is 2. The summed E-state index contributed by atoms with van der Waals surface area (Å²) in [7, 11) is 1.26. The van der Waals surface area contributed by atoms with Crippen molar-refractivity contribution in [3.63, 3.8) is 0 Å². The number of nitrogens with one attached hydrogen (secondary N) is 1. The number of ether oxygens (including phenoxy) is 2. The van der Waals surface area contributed by atoms with Crippen LogP contribution in [0.5, 0.6) is 0 Å². The summed E-state index contributed by atoms with van der Waals surface area (Å²) < 4.78 is 24.3. The van der Waals surface area contributed by atoms with Gasteiger partial charge in [0.05, 0.1) is 25.3 Å². The second-order valence-electron chi connectivity index (χ2n) is 5.64. The SMILES string of the molecule is COC(=O)c1ccc(F)c(C2CCOC(NC(=O)c3ccccc3)=N2)c1. The largest absolute Gasteiger partial charge is 0.465 e. The monoisotopic (exact) mass is 356 g/mol. The number of aliphatic imine (C=N–C) groups is 1. The van der Waals surface area contributed by atoms with Crippen molar-refractivity contribution in [2.45, 2.75) is 12.5 Å². The maximum Gasteiger partial charge on any atom is 0.337 e. The number of amidine groups is 1. The van der Waals surface area contributed by atoms with E-state index in [1.165, 1.54) is 25.3 Å². The number of carbonyl (C=O) groups is 2. The molecule has 6 nitrogen and oxygen atoms in total. The molecule has 1 aliphatic heterocycles. The fourth-order valence-corrected chi connectivity index (χ4v) is 2.61. The number of halogens is 1. The van der Waals surface area contributed by atoms with E-state index in [9.17, 15) is 14.0 Å². The Morgan fingerprint density at radius 1 is 1.19 bits per heavy atom. The van der Waals surface area contributed by atoms with E-state index in [0.29, 0.717) is 12.0 Å². The maximum atomic E-state index is 14.2. The summed E-state index contributed by atoms with van der Waals surface area (Å²) in [5.41, 5.74) is 0.947. The number of nitrogens with zero attached hydrogens (tertiary/aromatic N) is 1. The van der Waals surface area contributed by atoms with Crippen LogP contribution < -0.4 is 5.32 Å². The lowest BCUT2D eigenvalue weighted by atomic mass is 10.0. The van der Waals surface area contributed by atoms with Gasteiger partial charge in [-0.1, -0.05) is 18.2 Å². The lowest BCUT2D eigenvalue weighted by molar-refractivity contribution is 0.0600. The molecule has 1 amide bonds. The van der Waals surface area contributed by atoms with Gasteiger partial charge in [0.25, 0.3) is 11.9 Å². The van der Waals surface area contributed by atoms with E-state index in [1.54, 1.807) is 30.3 Å². The first-order valence-corrected chi connectivity index (χ1v) is 8.03. The van der Waals surface area contributed by atoms with Gasteiger partial charge in [0.15, 0.2) is 0 Å². The van der Waals surface area contributed by atoms with Crippen LogP contribution in [-0.4, -0.2) is 31.6 Å². The Hall–Kier alpha value is -3.22. The third kappa shape index (κ3) is 3.88. The minimum Gasteiger partial charge on any atom is -0.465 e. The quantitative estimate of drug-likeness (QED) is 0.858. The van der Waals surface area contributed by atoms with Crippen LogP contribution in [0.15, 0.2) is 53.5 Å². The molecule has 1 heterocycles. The summed E-state index contributed by atoms with van der Waals surface area (Å²) in [5.74, 6) is -1.41. The summed E-state index contributed by atoms with van der Waals surface area (Å²) in [6.45, 7) is 0.264. The molecule has 0 aliphatic carbocycles. The molecule has 0 spiro atoms. The smallest absolute Gasteiger partial charge is 0.337 e. The number of methoxy groups -OCH3 is 1. The molecule has 1 atom stereocenters. The van der Waals surface area contributed by atoms with E-state index >= 15 is 0 Å². The van der Waals surface area contributed by atoms with Crippen LogP contribution in [0.25, 0.3) is 0 Å². The zero-order chi connectivity index (χ0) is 18.5. The lowest BCUT2D eigenvalue weighted by Gasteiger charge is -2.22. The molecule has 0 bridgehead atoms. The number of carbonyl (C=O) groups excluding carboxylic acids is 2. The molecule has 26 heavy (non-hydrogen) atoms. The average molecular weight is 356 g/mol. The Labute approximate surface area is 149 Å². The van der Waals surface area contributed by atoms with E-state index < -0.39 is 17.8 Å². The van der Waals surface area contributed by atoms with Crippen molar-refractivity contribution in [1.82, 2.24) is 5.32 Å². The maximum absolute atomic E-state index is 14.2. The van der Waals surface area contributed by atoms with Gasteiger partial charge in [-0.05, 0) is 30.3 Å². The number of hydrogen-bond acceptors (Lipinski definition) is 5. The molecule has 0 saturated heterocycles. The van der Waals surface area contributed by atoms with Gasteiger partial charge in [0.2, 0.25) is 0 Å². The van der Waals surface area contributed by atoms with Crippen LogP contribution in [-0.2, 0) is 9.47 Å². The third-order valence-corrected chi connectivity index (χ3v) is 3.94. The summed E-state index contributed by atoms with van der Waals surface area (Å²) in [5, 5.41) is 2.58. The highest BCUT2D eigenvalue weighted by Gasteiger charge is 2.23. The van der Waals surface area contributed by atoms with Crippen molar-refractivity contribution < 1.29 is 23.5 Å². The summed E-state index contributed by atoms with van der Waals surface area (Å²) >= 11 is 0. The van der Waals surface area contributed by atoms with Gasteiger partial charge in [-0.15, -0.1) is 0 Å². The van der Waals surface area contributed by atoms with Gasteiger partial charge >= 0.3 is 5.97 Å². The van der Waals surface area contributed by atoms with Crippen LogP contribution >= 0.6 is 0 Å². The Balaban J connectivity index is 1.82. The molecule has 3 rings (SSSR count). The normalized spacial score (nSPS) is 16.2. The second-order valence-corrected chi connectivity index (χ2v) is 5.64. The van der Waals surface area contributed by atoms with Gasteiger partial charge < -0.3 is 9.47 Å². The number of hydrogen-bond donors (Lipinski definition) is 1. The second kappa shape index (κ2) is 7.77. The van der Waals surface area contributed by atoms with E-state index in [1.807, 2.05) is 0 Å². The summed E-state index contributed by atoms with van der Waals surface area (Å²) in [4.78, 5) is 28.1. The molecule has 1 unspecified atom stereocenters. The molecular weight excluding hydrogens is 339 g/mol. The molecule has 0 radical (unpaired) electrons. The molecule has 0 saturated carbocycles. The van der Waals surface area contributed by atoms with Crippen LogP contribution in [0.3, 0.4) is 0 Å². The Morgan fingerprint density at radius 2 is 1.96 bits per heavy atom. The molecule has 2 aromatic carbocycles. The van der Waals surface area contributed by atoms with Gasteiger partial charge in [-0.25, -0.2) is 14.2 Å². The molecule has 0 aromatic heterocycles. The highest BCUT2D eigenvalue weighted by Crippen LogP contribution is 2.28. The minimum absolute atomic E-state index is 0.0259. The highest BCUT2D eigenvalue weighted by atomic mass is 19.1. The first-order chi connectivity index (χ1) is 12.6. The zero-order valence-corrected chi connectivity index (χ0v) is 14.1. The van der Waals surface area contributed by atoms with Crippen LogP contribution in [0.1, 0.15) is 38.7 Å². The van der Waals surface area contributed by atoms with Crippen molar-refractivity contribution in [2.24, 2.45) is 4.99 Å². The molecule has 1 N–H and O–H groups in total. The van der Waals surface area contributed by atoms with Gasteiger partial charge in [-0.2, -0.15) is 0 Å². The van der Waals surface area contributed by atoms with E-state index in [2.05, 4.69) is 15.0 Å². The predicted molar refractivity (Wildman–Crippen MR) is 92.4 cm³/mol. The molecule has 2 aromatic rings. The fraction of sp³-hybridized carbons (Fsp3) is 0.211. The third-order valence-electron chi connectivity index (χ3n) is 3.94. The lowest BCUT2D eigenvalue weighted by Crippen LogP contribution is -2.35. The Morgan fingerprint density at radius 3 is 2.69 bits per heavy atom. The van der Waals surface area contributed by atoms with E-state index in [0.717, 1.165) is 0 Å². The van der Waals surface area contributed by atoms with Crippen LogP contribution in [0.4, 0.5) is 4.39 Å². The Bertz CT molecular complexity index is 852. The van der Waals surface area contributed by atoms with Crippen molar-refractivity contribution in [1.29, 1.82) is 0 Å². The predicted octanol–water partition coefficient (Wildman–Crippen LogP) is 2.86. The summed E-state index contributed by atoms with van der Waals surface area (Å²) in [6.07, 6.45) is 0.423. The van der Waals surface area contributed by atoms with Crippen molar-refractivity contribution in [3.05, 3.63) is 71.0 Å². The van der Waals surface area contributed by atoms with Crippen LogP contribution in [0, 0.1) is 5.82 Å². The molecule has 1 aliphatic rings. The van der Waals surface area contributed by atoms with Crippen LogP contribution in [0.2, 0.25) is 0 Å². The molecule has 134 valence electrons. The number of esters is 1. The molecule has 0 fully saturated rings. The first-order valence-electron chi connectivity index (χ1n) is 8.03. The molecular formula is C19H17FN2O4. The van der Waals surface area contributed by atoms with E-state index in [-0.39, 0.29) is 29.7 Å². The van der Waals surface area contributed by atoms with Crippen molar-refractivity contribution in [2.75, 3.05) is 13.7 Å². The van der Waals surface area contributed by atoms with E-state index in [4.69, 9.17) is 4.74 Å². The Kier molecular flexibility index (Phi) is 5.26. The number of rotatable bonds is 3. The first kappa shape index (κ1) is 17.6. The summed E-state index contributed by atoms with van der Waals surface area (Å²) in [6, 6.07) is 12.0. The van der Waals surface area contributed by atoms with Gasteiger partial charge in [0, 0.05) is 17.5 Å². The standard InChI is InChI=1S/C19H17FN2O4/c1-25-18(24)13-7-8-15(20)14(11-13)16-9-10-26-19(21-16)22-17(23)12-5-3-2-4-6-12/h2-8,11,16H,9-10H2,1H3,(H,21,22,23).